The lowest BCUT2D eigenvalue weighted by molar-refractivity contribution is 0.0955. The predicted molar refractivity (Wildman–Crippen MR) is 133 cm³/mol. The molecule has 0 saturated heterocycles. The highest BCUT2D eigenvalue weighted by atomic mass is 79.9. The molecule has 0 aliphatic carbocycles. The number of hydrogen-bond donors (Lipinski definition) is 1. The number of amides is 1. The molecule has 166 valence electrons. The van der Waals surface area contributed by atoms with Crippen LogP contribution in [0, 0.1) is 0 Å². The Morgan fingerprint density at radius 1 is 1.00 bits per heavy atom. The number of hydrazone groups is 1. The van der Waals surface area contributed by atoms with Gasteiger partial charge in [0.25, 0.3) is 5.91 Å². The summed E-state index contributed by atoms with van der Waals surface area (Å²) in [6, 6.07) is 15.6. The van der Waals surface area contributed by atoms with Crippen molar-refractivity contribution in [2.45, 2.75) is 13.5 Å². The van der Waals surface area contributed by atoms with Gasteiger partial charge in [0.2, 0.25) is 0 Å². The summed E-state index contributed by atoms with van der Waals surface area (Å²) in [7, 11) is 0. The Kier molecular flexibility index (Phi) is 8.82. The van der Waals surface area contributed by atoms with Crippen LogP contribution in [0.4, 0.5) is 0 Å². The number of benzene rings is 3. The number of ether oxygens (including phenoxy) is 2. The minimum atomic E-state index is -0.416. The maximum Gasteiger partial charge on any atom is 0.271 e. The molecule has 32 heavy (non-hydrogen) atoms. The average molecular weight is 557 g/mol. The SMILES string of the molecule is CCOc1cc(/C=N\NC(=O)c2ccc(Cl)c(Cl)c2)c(Br)cc1OCc1ccccc1Cl. The molecule has 9 heteroatoms. The molecule has 0 atom stereocenters. The van der Waals surface area contributed by atoms with Crippen molar-refractivity contribution in [1.82, 2.24) is 5.43 Å². The van der Waals surface area contributed by atoms with Crippen molar-refractivity contribution >= 4 is 62.9 Å². The molecule has 0 fully saturated rings. The van der Waals surface area contributed by atoms with E-state index in [1.54, 1.807) is 24.3 Å². The van der Waals surface area contributed by atoms with Crippen LogP contribution in [0.15, 0.2) is 64.2 Å². The Hall–Kier alpha value is -2.25. The molecular weight excluding hydrogens is 539 g/mol. The maximum atomic E-state index is 12.3. The quantitative estimate of drug-likeness (QED) is 0.237. The molecule has 0 heterocycles. The van der Waals surface area contributed by atoms with Gasteiger partial charge in [0, 0.05) is 26.2 Å². The molecule has 3 rings (SSSR count). The van der Waals surface area contributed by atoms with Crippen molar-refractivity contribution in [3.05, 3.63) is 90.8 Å². The molecule has 3 aromatic carbocycles. The third kappa shape index (κ3) is 6.39. The lowest BCUT2D eigenvalue weighted by atomic mass is 10.2. The molecule has 0 aliphatic rings. The molecule has 1 amide bonds. The summed E-state index contributed by atoms with van der Waals surface area (Å²) < 4.78 is 12.4. The van der Waals surface area contributed by atoms with Gasteiger partial charge in [0.15, 0.2) is 11.5 Å². The van der Waals surface area contributed by atoms with Gasteiger partial charge in [0.05, 0.1) is 22.9 Å². The van der Waals surface area contributed by atoms with E-state index in [1.165, 1.54) is 12.3 Å². The van der Waals surface area contributed by atoms with Crippen molar-refractivity contribution in [2.24, 2.45) is 5.10 Å². The topological polar surface area (TPSA) is 59.9 Å². The fourth-order valence-corrected chi connectivity index (χ4v) is 3.58. The molecule has 0 bridgehead atoms. The Bertz CT molecular complexity index is 1160. The van der Waals surface area contributed by atoms with Crippen LogP contribution in [0.3, 0.4) is 0 Å². The maximum absolute atomic E-state index is 12.3. The van der Waals surface area contributed by atoms with Crippen LogP contribution in [-0.2, 0) is 6.61 Å². The Labute approximate surface area is 209 Å². The molecule has 0 aromatic heterocycles. The summed E-state index contributed by atoms with van der Waals surface area (Å²) in [5.41, 5.74) is 4.36. The van der Waals surface area contributed by atoms with E-state index in [0.29, 0.717) is 55.4 Å². The second-order valence-corrected chi connectivity index (χ2v) is 8.54. The van der Waals surface area contributed by atoms with E-state index in [2.05, 4.69) is 26.5 Å². The molecule has 1 N–H and O–H groups in total. The van der Waals surface area contributed by atoms with Crippen molar-refractivity contribution in [3.63, 3.8) is 0 Å². The fraction of sp³-hybridized carbons (Fsp3) is 0.130. The standard InChI is InChI=1S/C23H18BrCl3N2O3/c1-2-31-21-10-16(12-28-29-23(30)14-7-8-19(26)20(27)9-14)17(24)11-22(21)32-13-15-5-3-4-6-18(15)25/h3-12H,2,13H2,1H3,(H,29,30)/b28-12-. The van der Waals surface area contributed by atoms with E-state index in [9.17, 15) is 4.79 Å². The molecular formula is C23H18BrCl3N2O3. The third-order valence-electron chi connectivity index (χ3n) is 4.26. The van der Waals surface area contributed by atoms with Gasteiger partial charge >= 0.3 is 0 Å². The lowest BCUT2D eigenvalue weighted by Crippen LogP contribution is -2.17. The van der Waals surface area contributed by atoms with Gasteiger partial charge in [-0.1, -0.05) is 53.0 Å². The highest BCUT2D eigenvalue weighted by molar-refractivity contribution is 9.10. The van der Waals surface area contributed by atoms with Crippen molar-refractivity contribution in [2.75, 3.05) is 6.61 Å². The highest BCUT2D eigenvalue weighted by Gasteiger charge is 2.12. The van der Waals surface area contributed by atoms with Crippen LogP contribution in [0.5, 0.6) is 11.5 Å². The smallest absolute Gasteiger partial charge is 0.271 e. The summed E-state index contributed by atoms with van der Waals surface area (Å²) in [6.07, 6.45) is 1.50. The van der Waals surface area contributed by atoms with Crippen molar-refractivity contribution in [1.29, 1.82) is 0 Å². The second-order valence-electron chi connectivity index (χ2n) is 6.46. The van der Waals surface area contributed by atoms with Crippen LogP contribution in [0.25, 0.3) is 0 Å². The zero-order valence-corrected chi connectivity index (χ0v) is 20.7. The summed E-state index contributed by atoms with van der Waals surface area (Å²) in [6.45, 7) is 2.62. The van der Waals surface area contributed by atoms with E-state index in [4.69, 9.17) is 44.3 Å². The van der Waals surface area contributed by atoms with E-state index in [1.807, 2.05) is 31.2 Å². The minimum Gasteiger partial charge on any atom is -0.490 e. The van der Waals surface area contributed by atoms with Crippen LogP contribution < -0.4 is 14.9 Å². The van der Waals surface area contributed by atoms with Crippen molar-refractivity contribution < 1.29 is 14.3 Å². The average Bonchev–Trinajstić information content (AvgIpc) is 2.77. The van der Waals surface area contributed by atoms with Gasteiger partial charge in [0.1, 0.15) is 6.61 Å². The molecule has 0 saturated carbocycles. The zero-order valence-electron chi connectivity index (χ0n) is 16.9. The lowest BCUT2D eigenvalue weighted by Gasteiger charge is -2.14. The predicted octanol–water partition coefficient (Wildman–Crippen LogP) is 7.15. The highest BCUT2D eigenvalue weighted by Crippen LogP contribution is 2.34. The Morgan fingerprint density at radius 3 is 2.47 bits per heavy atom. The molecule has 0 aliphatic heterocycles. The van der Waals surface area contributed by atoms with E-state index in [-0.39, 0.29) is 0 Å². The number of nitrogens with one attached hydrogen (secondary N) is 1. The molecule has 3 aromatic rings. The molecule has 0 unspecified atom stereocenters. The van der Waals surface area contributed by atoms with Crippen LogP contribution in [0.2, 0.25) is 15.1 Å². The summed E-state index contributed by atoms with van der Waals surface area (Å²) in [5.74, 6) is 0.677. The first kappa shape index (κ1) is 24.4. The number of rotatable bonds is 8. The number of hydrogen-bond acceptors (Lipinski definition) is 4. The van der Waals surface area contributed by atoms with Crippen LogP contribution >= 0.6 is 50.7 Å². The number of halogens is 4. The van der Waals surface area contributed by atoms with E-state index < -0.39 is 5.91 Å². The first-order chi connectivity index (χ1) is 15.4. The van der Waals surface area contributed by atoms with Gasteiger partial charge in [-0.15, -0.1) is 0 Å². The second kappa shape index (κ2) is 11.6. The third-order valence-corrected chi connectivity index (χ3v) is 6.05. The summed E-state index contributed by atoms with van der Waals surface area (Å²) in [4.78, 5) is 12.3. The molecule has 5 nitrogen and oxygen atoms in total. The van der Waals surface area contributed by atoms with Crippen molar-refractivity contribution in [3.8, 4) is 11.5 Å². The monoisotopic (exact) mass is 554 g/mol. The minimum absolute atomic E-state index is 0.291. The first-order valence-electron chi connectivity index (χ1n) is 9.50. The normalized spacial score (nSPS) is 10.9. The van der Waals surface area contributed by atoms with Gasteiger partial charge in [-0.3, -0.25) is 4.79 Å². The largest absolute Gasteiger partial charge is 0.490 e. The molecule has 0 spiro atoms. The summed E-state index contributed by atoms with van der Waals surface area (Å²) >= 11 is 21.5. The van der Waals surface area contributed by atoms with Gasteiger partial charge < -0.3 is 9.47 Å². The fourth-order valence-electron chi connectivity index (χ4n) is 2.66. The summed E-state index contributed by atoms with van der Waals surface area (Å²) in [5, 5.41) is 5.32. The van der Waals surface area contributed by atoms with Gasteiger partial charge in [-0.25, -0.2) is 5.43 Å². The van der Waals surface area contributed by atoms with E-state index >= 15 is 0 Å². The number of nitrogens with zero attached hydrogens (tertiary/aromatic N) is 1. The van der Waals surface area contributed by atoms with Crippen LogP contribution in [0.1, 0.15) is 28.4 Å². The number of carbonyl (C=O) groups is 1. The molecule has 0 radical (unpaired) electrons. The Morgan fingerprint density at radius 2 is 1.75 bits per heavy atom. The first-order valence-corrected chi connectivity index (χ1v) is 11.4. The van der Waals surface area contributed by atoms with E-state index in [0.717, 1.165) is 5.56 Å². The van der Waals surface area contributed by atoms with Crippen LogP contribution in [-0.4, -0.2) is 18.7 Å². The number of carbonyl (C=O) groups excluding carboxylic acids is 1. The zero-order chi connectivity index (χ0) is 23.1. The van der Waals surface area contributed by atoms with Gasteiger partial charge in [-0.2, -0.15) is 5.10 Å². The van der Waals surface area contributed by atoms with Gasteiger partial charge in [-0.05, 0) is 59.3 Å². The Balaban J connectivity index is 1.73.